The highest BCUT2D eigenvalue weighted by molar-refractivity contribution is 5.78. The number of nitrogens with one attached hydrogen (secondary N) is 1. The van der Waals surface area contributed by atoms with Gasteiger partial charge in [-0.15, -0.1) is 0 Å². The molecule has 0 atom stereocenters. The summed E-state index contributed by atoms with van der Waals surface area (Å²) in [7, 11) is 3.63. The van der Waals surface area contributed by atoms with Gasteiger partial charge in [0.25, 0.3) is 5.56 Å². The van der Waals surface area contributed by atoms with Crippen molar-refractivity contribution >= 4 is 16.8 Å². The Morgan fingerprint density at radius 2 is 1.69 bits per heavy atom. The van der Waals surface area contributed by atoms with E-state index in [0.29, 0.717) is 29.8 Å². The van der Waals surface area contributed by atoms with E-state index in [4.69, 9.17) is 0 Å². The van der Waals surface area contributed by atoms with Crippen molar-refractivity contribution in [2.24, 2.45) is 0 Å². The van der Waals surface area contributed by atoms with Gasteiger partial charge in [0, 0.05) is 13.6 Å². The number of para-hydroxylation sites is 1. The molecular formula is C20H22N4O2. The van der Waals surface area contributed by atoms with Gasteiger partial charge in [-0.05, 0) is 24.7 Å². The molecule has 2 aromatic carbocycles. The fourth-order valence-electron chi connectivity index (χ4n) is 2.82. The van der Waals surface area contributed by atoms with Crippen LogP contribution in [0.5, 0.6) is 0 Å². The van der Waals surface area contributed by atoms with Crippen LogP contribution in [0.2, 0.25) is 0 Å². The van der Waals surface area contributed by atoms with Crippen LogP contribution in [0.1, 0.15) is 11.4 Å². The Morgan fingerprint density at radius 1 is 1.00 bits per heavy atom. The van der Waals surface area contributed by atoms with Gasteiger partial charge < -0.3 is 9.88 Å². The number of nitrogens with zero attached hydrogens (tertiary/aromatic N) is 3. The first-order valence-electron chi connectivity index (χ1n) is 8.47. The molecule has 0 saturated heterocycles. The van der Waals surface area contributed by atoms with E-state index in [0.717, 1.165) is 5.56 Å². The molecule has 1 amide bonds. The summed E-state index contributed by atoms with van der Waals surface area (Å²) < 4.78 is 0. The number of H-pyrrole nitrogens is 1. The first-order valence-corrected chi connectivity index (χ1v) is 8.47. The second kappa shape index (κ2) is 7.93. The SMILES string of the molecule is CN(CC(=O)N(C)Cc1ccccc1)Cc1nc2ccccc2c(=O)[nH]1. The number of hydrogen-bond donors (Lipinski definition) is 1. The Bertz CT molecular complexity index is 953. The molecule has 0 radical (unpaired) electrons. The zero-order chi connectivity index (χ0) is 18.5. The molecule has 3 aromatic rings. The molecular weight excluding hydrogens is 328 g/mol. The Hall–Kier alpha value is -2.99. The minimum absolute atomic E-state index is 0.0134. The van der Waals surface area contributed by atoms with Gasteiger partial charge in [0.15, 0.2) is 0 Å². The van der Waals surface area contributed by atoms with Crippen LogP contribution in [-0.2, 0) is 17.9 Å². The molecule has 0 unspecified atom stereocenters. The summed E-state index contributed by atoms with van der Waals surface area (Å²) in [6, 6.07) is 17.1. The molecule has 0 aliphatic carbocycles. The zero-order valence-electron chi connectivity index (χ0n) is 15.0. The van der Waals surface area contributed by atoms with Crippen molar-refractivity contribution in [3.63, 3.8) is 0 Å². The minimum atomic E-state index is -0.161. The summed E-state index contributed by atoms with van der Waals surface area (Å²) in [6.45, 7) is 1.21. The minimum Gasteiger partial charge on any atom is -0.340 e. The van der Waals surface area contributed by atoms with Crippen molar-refractivity contribution in [1.82, 2.24) is 19.8 Å². The maximum Gasteiger partial charge on any atom is 0.258 e. The summed E-state index contributed by atoms with van der Waals surface area (Å²) in [5.41, 5.74) is 1.59. The van der Waals surface area contributed by atoms with Gasteiger partial charge in [0.05, 0.1) is 24.0 Å². The molecule has 0 spiro atoms. The van der Waals surface area contributed by atoms with Crippen LogP contribution in [0.3, 0.4) is 0 Å². The maximum absolute atomic E-state index is 12.4. The molecule has 3 rings (SSSR count). The Morgan fingerprint density at radius 3 is 2.46 bits per heavy atom. The predicted molar refractivity (Wildman–Crippen MR) is 102 cm³/mol. The third-order valence-corrected chi connectivity index (χ3v) is 4.18. The number of aromatic amines is 1. The van der Waals surface area contributed by atoms with Crippen molar-refractivity contribution in [3.8, 4) is 0 Å². The first kappa shape index (κ1) is 17.8. The molecule has 26 heavy (non-hydrogen) atoms. The van der Waals surface area contributed by atoms with Crippen LogP contribution in [0, 0.1) is 0 Å². The van der Waals surface area contributed by atoms with Gasteiger partial charge >= 0.3 is 0 Å². The van der Waals surface area contributed by atoms with Crippen LogP contribution < -0.4 is 5.56 Å². The lowest BCUT2D eigenvalue weighted by Gasteiger charge is -2.21. The first-order chi connectivity index (χ1) is 12.5. The van der Waals surface area contributed by atoms with Gasteiger partial charge in [-0.2, -0.15) is 0 Å². The van der Waals surface area contributed by atoms with Crippen molar-refractivity contribution in [2.45, 2.75) is 13.1 Å². The van der Waals surface area contributed by atoms with E-state index < -0.39 is 0 Å². The maximum atomic E-state index is 12.4. The summed E-state index contributed by atoms with van der Waals surface area (Å²) in [4.78, 5) is 35.3. The molecule has 134 valence electrons. The van der Waals surface area contributed by atoms with Crippen LogP contribution in [0.4, 0.5) is 0 Å². The summed E-state index contributed by atoms with van der Waals surface area (Å²) in [6.07, 6.45) is 0. The van der Waals surface area contributed by atoms with Crippen molar-refractivity contribution < 1.29 is 4.79 Å². The predicted octanol–water partition coefficient (Wildman–Crippen LogP) is 2.01. The molecule has 0 aliphatic rings. The zero-order valence-corrected chi connectivity index (χ0v) is 15.0. The number of likely N-dealkylation sites (N-methyl/N-ethyl adjacent to an activating group) is 2. The normalized spacial score (nSPS) is 11.0. The number of fused-ring (bicyclic) bond motifs is 1. The van der Waals surface area contributed by atoms with Gasteiger partial charge in [-0.1, -0.05) is 42.5 Å². The molecule has 1 heterocycles. The van der Waals surface area contributed by atoms with E-state index in [-0.39, 0.29) is 18.0 Å². The highest BCUT2D eigenvalue weighted by Gasteiger charge is 2.13. The standard InChI is InChI=1S/C20H22N4O2/c1-23(14-19(25)24(2)12-15-8-4-3-5-9-15)13-18-21-17-11-7-6-10-16(17)20(26)22-18/h3-11H,12-14H2,1-2H3,(H,21,22,26). The Labute approximate surface area is 152 Å². The smallest absolute Gasteiger partial charge is 0.258 e. The average Bonchev–Trinajstić information content (AvgIpc) is 2.62. The molecule has 0 saturated carbocycles. The third kappa shape index (κ3) is 4.34. The van der Waals surface area contributed by atoms with Gasteiger partial charge in [0.1, 0.15) is 5.82 Å². The number of rotatable bonds is 6. The van der Waals surface area contributed by atoms with E-state index in [1.807, 2.05) is 60.5 Å². The largest absolute Gasteiger partial charge is 0.340 e. The van der Waals surface area contributed by atoms with Crippen LogP contribution in [-0.4, -0.2) is 46.3 Å². The fourth-order valence-corrected chi connectivity index (χ4v) is 2.82. The van der Waals surface area contributed by atoms with Gasteiger partial charge in [0.2, 0.25) is 5.91 Å². The van der Waals surface area contributed by atoms with E-state index in [9.17, 15) is 9.59 Å². The van der Waals surface area contributed by atoms with E-state index in [1.165, 1.54) is 0 Å². The van der Waals surface area contributed by atoms with E-state index >= 15 is 0 Å². The molecule has 1 aromatic heterocycles. The second-order valence-corrected chi connectivity index (χ2v) is 6.44. The van der Waals surface area contributed by atoms with Crippen LogP contribution in [0.15, 0.2) is 59.4 Å². The molecule has 0 fully saturated rings. The number of hydrogen-bond acceptors (Lipinski definition) is 4. The quantitative estimate of drug-likeness (QED) is 0.738. The molecule has 6 nitrogen and oxygen atoms in total. The summed E-state index contributed by atoms with van der Waals surface area (Å²) in [5, 5.41) is 0.567. The van der Waals surface area contributed by atoms with Crippen molar-refractivity contribution in [1.29, 1.82) is 0 Å². The lowest BCUT2D eigenvalue weighted by molar-refractivity contribution is -0.131. The van der Waals surface area contributed by atoms with Gasteiger partial charge in [-0.3, -0.25) is 14.5 Å². The van der Waals surface area contributed by atoms with E-state index in [2.05, 4.69) is 9.97 Å². The highest BCUT2D eigenvalue weighted by Crippen LogP contribution is 2.07. The Kier molecular flexibility index (Phi) is 5.43. The highest BCUT2D eigenvalue weighted by atomic mass is 16.2. The number of amides is 1. The molecule has 0 aliphatic heterocycles. The van der Waals surface area contributed by atoms with E-state index in [1.54, 1.807) is 18.0 Å². The lowest BCUT2D eigenvalue weighted by atomic mass is 10.2. The number of aromatic nitrogens is 2. The lowest BCUT2D eigenvalue weighted by Crippen LogP contribution is -2.36. The van der Waals surface area contributed by atoms with Crippen LogP contribution >= 0.6 is 0 Å². The summed E-state index contributed by atoms with van der Waals surface area (Å²) >= 11 is 0. The fraction of sp³-hybridized carbons (Fsp3) is 0.250. The third-order valence-electron chi connectivity index (χ3n) is 4.18. The van der Waals surface area contributed by atoms with Gasteiger partial charge in [-0.25, -0.2) is 4.98 Å². The average molecular weight is 350 g/mol. The van der Waals surface area contributed by atoms with Crippen molar-refractivity contribution in [3.05, 3.63) is 76.3 Å². The number of benzene rings is 2. The number of carbonyl (C=O) groups is 1. The molecule has 0 bridgehead atoms. The summed E-state index contributed by atoms with van der Waals surface area (Å²) in [5.74, 6) is 0.564. The van der Waals surface area contributed by atoms with Crippen molar-refractivity contribution in [2.75, 3.05) is 20.6 Å². The Balaban J connectivity index is 1.62. The van der Waals surface area contributed by atoms with Crippen LogP contribution in [0.25, 0.3) is 10.9 Å². The number of carbonyl (C=O) groups excluding carboxylic acids is 1. The monoisotopic (exact) mass is 350 g/mol. The molecule has 1 N–H and O–H groups in total. The molecule has 6 heteroatoms. The second-order valence-electron chi connectivity index (χ2n) is 6.44. The topological polar surface area (TPSA) is 69.3 Å².